The summed E-state index contributed by atoms with van der Waals surface area (Å²) in [5, 5.41) is -2.59. The van der Waals surface area contributed by atoms with E-state index >= 15 is 4.39 Å². The number of nitrogens with zero attached hydrogens (tertiary/aromatic N) is 1. The van der Waals surface area contributed by atoms with Gasteiger partial charge in [-0.3, -0.25) is 4.99 Å². The number of hydrogen-bond donors (Lipinski definition) is 0. The van der Waals surface area contributed by atoms with Crippen LogP contribution in [0.4, 0.5) is 17.6 Å². The Bertz CT molecular complexity index is 959. The van der Waals surface area contributed by atoms with Gasteiger partial charge in [0.2, 0.25) is 14.8 Å². The first-order valence-electron chi connectivity index (χ1n) is 8.79. The maximum atomic E-state index is 15.3. The summed E-state index contributed by atoms with van der Waals surface area (Å²) in [7, 11) is -4.56. The lowest BCUT2D eigenvalue weighted by atomic mass is 9.96. The van der Waals surface area contributed by atoms with Crippen LogP contribution >= 0.6 is 0 Å². The molecule has 2 aromatic rings. The van der Waals surface area contributed by atoms with Crippen LogP contribution in [0, 0.1) is 0 Å². The second-order valence-corrected chi connectivity index (χ2v) is 8.99. The maximum absolute atomic E-state index is 15.3. The molecule has 1 saturated carbocycles. The van der Waals surface area contributed by atoms with Gasteiger partial charge in [0.25, 0.3) is 0 Å². The van der Waals surface area contributed by atoms with Crippen LogP contribution < -0.4 is 0 Å². The molecule has 2 aromatic carbocycles. The molecule has 28 heavy (non-hydrogen) atoms. The van der Waals surface area contributed by atoms with Crippen LogP contribution in [0.2, 0.25) is 0 Å². The summed E-state index contributed by atoms with van der Waals surface area (Å²) in [6, 6.07) is 12.7. The number of hydrogen-bond acceptors (Lipinski definition) is 3. The van der Waals surface area contributed by atoms with Crippen LogP contribution in [0.5, 0.6) is 0 Å². The van der Waals surface area contributed by atoms with Crippen molar-refractivity contribution in [2.45, 2.75) is 48.3 Å². The maximum Gasteiger partial charge on any atom is 0.416 e. The normalized spacial score (nSPS) is 20.8. The first kappa shape index (κ1) is 20.5. The van der Waals surface area contributed by atoms with Crippen LogP contribution in [0.3, 0.4) is 0 Å². The molecule has 0 spiro atoms. The first-order chi connectivity index (χ1) is 13.1. The highest BCUT2D eigenvalue weighted by Crippen LogP contribution is 2.40. The Labute approximate surface area is 161 Å². The highest BCUT2D eigenvalue weighted by Gasteiger charge is 2.47. The Morgan fingerprint density at radius 2 is 1.61 bits per heavy atom. The summed E-state index contributed by atoms with van der Waals surface area (Å²) in [6.45, 7) is 0.426. The summed E-state index contributed by atoms with van der Waals surface area (Å²) >= 11 is 0. The SMILES string of the molecule is O=S(=O)(c1cccc(C(F)(F)F)c1)C1(F)CCC(=NCc2ccccc2)CC1. The van der Waals surface area contributed by atoms with E-state index in [0.29, 0.717) is 12.6 Å². The van der Waals surface area contributed by atoms with Crippen molar-refractivity contribution in [3.05, 3.63) is 65.7 Å². The monoisotopic (exact) mass is 413 g/mol. The van der Waals surface area contributed by atoms with Gasteiger partial charge in [0.1, 0.15) is 0 Å². The molecule has 3 rings (SSSR count). The minimum absolute atomic E-state index is 0.154. The minimum atomic E-state index is -4.70. The van der Waals surface area contributed by atoms with E-state index in [9.17, 15) is 21.6 Å². The van der Waals surface area contributed by atoms with Crippen LogP contribution in [0.15, 0.2) is 64.5 Å². The van der Waals surface area contributed by atoms with Crippen molar-refractivity contribution in [3.63, 3.8) is 0 Å². The van der Waals surface area contributed by atoms with Crippen LogP contribution in [-0.2, 0) is 22.6 Å². The third-order valence-corrected chi connectivity index (χ3v) is 7.10. The molecule has 0 saturated heterocycles. The Balaban J connectivity index is 1.75. The van der Waals surface area contributed by atoms with Gasteiger partial charge in [-0.05, 0) is 36.6 Å². The largest absolute Gasteiger partial charge is 0.416 e. The topological polar surface area (TPSA) is 46.5 Å². The Kier molecular flexibility index (Phi) is 5.61. The van der Waals surface area contributed by atoms with Crippen LogP contribution in [0.25, 0.3) is 0 Å². The van der Waals surface area contributed by atoms with Crippen molar-refractivity contribution in [3.8, 4) is 0 Å². The summed E-state index contributed by atoms with van der Waals surface area (Å²) in [5.74, 6) is 0. The molecular formula is C20H19F4NO2S. The van der Waals surface area contributed by atoms with Gasteiger partial charge in [-0.2, -0.15) is 13.2 Å². The number of rotatable bonds is 4. The lowest BCUT2D eigenvalue weighted by Gasteiger charge is -2.30. The van der Waals surface area contributed by atoms with Crippen molar-refractivity contribution in [1.82, 2.24) is 0 Å². The lowest BCUT2D eigenvalue weighted by Crippen LogP contribution is -2.38. The van der Waals surface area contributed by atoms with E-state index < -0.39 is 31.5 Å². The number of aliphatic imine (C=N–C) groups is 1. The lowest BCUT2D eigenvalue weighted by molar-refractivity contribution is -0.137. The van der Waals surface area contributed by atoms with Crippen molar-refractivity contribution in [2.75, 3.05) is 0 Å². The van der Waals surface area contributed by atoms with Gasteiger partial charge in [0.15, 0.2) is 0 Å². The van der Waals surface area contributed by atoms with E-state index in [1.54, 1.807) is 0 Å². The summed E-state index contributed by atoms with van der Waals surface area (Å²) in [4.78, 5) is 3.78. The summed E-state index contributed by atoms with van der Waals surface area (Å²) < 4.78 is 79.3. The van der Waals surface area contributed by atoms with Crippen molar-refractivity contribution >= 4 is 15.5 Å². The molecule has 150 valence electrons. The van der Waals surface area contributed by atoms with Gasteiger partial charge in [-0.25, -0.2) is 12.8 Å². The van der Waals surface area contributed by atoms with Gasteiger partial charge in [0.05, 0.1) is 17.0 Å². The Hall–Kier alpha value is -2.22. The third kappa shape index (κ3) is 4.27. The van der Waals surface area contributed by atoms with Gasteiger partial charge in [-0.15, -0.1) is 0 Å². The van der Waals surface area contributed by atoms with Crippen LogP contribution in [0.1, 0.15) is 36.8 Å². The van der Waals surface area contributed by atoms with Crippen LogP contribution in [-0.4, -0.2) is 19.1 Å². The Morgan fingerprint density at radius 3 is 2.21 bits per heavy atom. The fourth-order valence-electron chi connectivity index (χ4n) is 3.18. The third-order valence-electron chi connectivity index (χ3n) is 4.86. The summed E-state index contributed by atoms with van der Waals surface area (Å²) in [6.07, 6.45) is -5.03. The molecule has 1 aliphatic carbocycles. The van der Waals surface area contributed by atoms with E-state index in [-0.39, 0.29) is 25.7 Å². The molecule has 0 unspecified atom stereocenters. The standard InChI is InChI=1S/C20H19F4NO2S/c21-19(28(26,27)18-8-4-7-16(13-18)20(22,23)24)11-9-17(10-12-19)25-14-15-5-2-1-3-6-15/h1-8,13H,9-12,14H2. The second-order valence-electron chi connectivity index (χ2n) is 6.78. The Morgan fingerprint density at radius 1 is 0.964 bits per heavy atom. The predicted molar refractivity (Wildman–Crippen MR) is 98.5 cm³/mol. The second kappa shape index (κ2) is 7.66. The minimum Gasteiger partial charge on any atom is -0.289 e. The average Bonchev–Trinajstić information content (AvgIpc) is 2.68. The van der Waals surface area contributed by atoms with E-state index in [1.807, 2.05) is 30.3 Å². The molecule has 0 aliphatic heterocycles. The number of halogens is 4. The number of alkyl halides is 4. The quantitative estimate of drug-likeness (QED) is 0.634. The zero-order chi connectivity index (χ0) is 20.4. The number of sulfone groups is 1. The zero-order valence-electron chi connectivity index (χ0n) is 14.9. The highest BCUT2D eigenvalue weighted by atomic mass is 32.2. The average molecular weight is 413 g/mol. The molecule has 0 atom stereocenters. The first-order valence-corrected chi connectivity index (χ1v) is 10.3. The van der Waals surface area contributed by atoms with Gasteiger partial charge in [-0.1, -0.05) is 36.4 Å². The van der Waals surface area contributed by atoms with E-state index in [0.717, 1.165) is 29.5 Å². The molecule has 8 heteroatoms. The fourth-order valence-corrected chi connectivity index (χ4v) is 4.88. The van der Waals surface area contributed by atoms with Crippen molar-refractivity contribution in [2.24, 2.45) is 4.99 Å². The molecule has 0 amide bonds. The van der Waals surface area contributed by atoms with E-state index in [2.05, 4.69) is 4.99 Å². The molecule has 1 aliphatic rings. The molecule has 0 radical (unpaired) electrons. The smallest absolute Gasteiger partial charge is 0.289 e. The van der Waals surface area contributed by atoms with Gasteiger partial charge >= 0.3 is 6.18 Å². The van der Waals surface area contributed by atoms with Crippen molar-refractivity contribution < 1.29 is 26.0 Å². The molecule has 1 fully saturated rings. The zero-order valence-corrected chi connectivity index (χ0v) is 15.7. The summed E-state index contributed by atoms with van der Waals surface area (Å²) in [5.41, 5.74) is 0.595. The van der Waals surface area contributed by atoms with E-state index in [1.165, 1.54) is 0 Å². The molecule has 0 bridgehead atoms. The molecule has 0 N–H and O–H groups in total. The molecule has 0 aromatic heterocycles. The van der Waals surface area contributed by atoms with Crippen molar-refractivity contribution in [1.29, 1.82) is 0 Å². The van der Waals surface area contributed by atoms with E-state index in [4.69, 9.17) is 0 Å². The van der Waals surface area contributed by atoms with Gasteiger partial charge < -0.3 is 0 Å². The molecule has 0 heterocycles. The fraction of sp³-hybridized carbons (Fsp3) is 0.350. The highest BCUT2D eigenvalue weighted by molar-refractivity contribution is 7.92. The molecule has 3 nitrogen and oxygen atoms in total. The number of benzene rings is 2. The van der Waals surface area contributed by atoms with Gasteiger partial charge in [0, 0.05) is 18.6 Å². The predicted octanol–water partition coefficient (Wildman–Crippen LogP) is 5.36. The molecular weight excluding hydrogens is 394 g/mol.